The summed E-state index contributed by atoms with van der Waals surface area (Å²) in [6, 6.07) is 15.7. The highest BCUT2D eigenvalue weighted by molar-refractivity contribution is 8.00. The first-order valence-corrected chi connectivity index (χ1v) is 12.6. The second-order valence-corrected chi connectivity index (χ2v) is 10.3. The van der Waals surface area contributed by atoms with E-state index < -0.39 is 41.4 Å². The molecule has 1 saturated heterocycles. The smallest absolute Gasteiger partial charge is 0.323 e. The highest BCUT2D eigenvalue weighted by Gasteiger charge is 2.56. The monoisotopic (exact) mass is 525 g/mol. The lowest BCUT2D eigenvalue weighted by Crippen LogP contribution is -2.36. The zero-order valence-corrected chi connectivity index (χ0v) is 20.1. The third-order valence-electron chi connectivity index (χ3n) is 5.88. The predicted molar refractivity (Wildman–Crippen MR) is 131 cm³/mol. The molecule has 1 fully saturated rings. The molecule has 0 spiro atoms. The highest BCUT2D eigenvalue weighted by Crippen LogP contribution is 2.53. The van der Waals surface area contributed by atoms with Crippen LogP contribution in [-0.4, -0.2) is 57.1 Å². The van der Waals surface area contributed by atoms with Crippen molar-refractivity contribution in [3.8, 4) is 5.75 Å². The van der Waals surface area contributed by atoms with Crippen molar-refractivity contribution in [2.45, 2.75) is 16.2 Å². The van der Waals surface area contributed by atoms with Gasteiger partial charge in [-0.1, -0.05) is 59.5 Å². The lowest BCUT2D eigenvalue weighted by molar-refractivity contribution is -0.149. The minimum atomic E-state index is -1.30. The molecule has 184 valence electrons. The first-order chi connectivity index (χ1) is 17.3. The van der Waals surface area contributed by atoms with Crippen LogP contribution < -0.4 is 14.9 Å². The van der Waals surface area contributed by atoms with Crippen molar-refractivity contribution in [3.05, 3.63) is 74.7 Å². The topological polar surface area (TPSA) is 146 Å². The predicted octanol–water partition coefficient (Wildman–Crippen LogP) is 2.13. The number of thioether (sulfide) groups is 1. The van der Waals surface area contributed by atoms with Gasteiger partial charge in [-0.2, -0.15) is 0 Å². The number of para-hydroxylation sites is 2. The van der Waals surface area contributed by atoms with E-state index in [9.17, 15) is 29.1 Å². The largest absolute Gasteiger partial charge is 0.483 e. The summed E-state index contributed by atoms with van der Waals surface area (Å²) in [6.45, 7) is -1.05. The Labute approximate surface area is 212 Å². The van der Waals surface area contributed by atoms with Crippen LogP contribution in [0.4, 0.5) is 5.69 Å². The van der Waals surface area contributed by atoms with Crippen LogP contribution in [0.15, 0.2) is 64.4 Å². The number of hydrogen-bond acceptors (Lipinski definition) is 8. The average Bonchev–Trinajstić information content (AvgIpc) is 3.34. The molecule has 3 aromatic rings. The molecule has 3 heterocycles. The number of likely N-dealkylation sites (tertiary alicyclic amines) is 1. The summed E-state index contributed by atoms with van der Waals surface area (Å²) in [4.78, 5) is 66.0. The Balaban J connectivity index is 1.48. The number of aliphatic carboxylic acids is 1. The van der Waals surface area contributed by atoms with Crippen molar-refractivity contribution in [3.63, 3.8) is 0 Å². The number of H-pyrrole nitrogens is 1. The van der Waals surface area contributed by atoms with E-state index in [1.165, 1.54) is 0 Å². The number of aromatic nitrogens is 1. The van der Waals surface area contributed by atoms with Crippen LogP contribution >= 0.6 is 23.1 Å². The molecule has 3 amide bonds. The average molecular weight is 526 g/mol. The maximum Gasteiger partial charge on any atom is 0.323 e. The molecule has 36 heavy (non-hydrogen) atoms. The van der Waals surface area contributed by atoms with Crippen molar-refractivity contribution in [2.75, 3.05) is 18.5 Å². The summed E-state index contributed by atoms with van der Waals surface area (Å²) < 4.78 is 5.84. The van der Waals surface area contributed by atoms with Crippen molar-refractivity contribution < 1.29 is 29.0 Å². The number of nitrogens with one attached hydrogen (secondary N) is 2. The molecule has 10 nitrogen and oxygen atoms in total. The minimum Gasteiger partial charge on any atom is -0.483 e. The Morgan fingerprint density at radius 3 is 2.50 bits per heavy atom. The maximum absolute atomic E-state index is 13.3. The van der Waals surface area contributed by atoms with Gasteiger partial charge in [0, 0.05) is 22.0 Å². The number of nitrogens with zero attached hydrogens (tertiary/aromatic N) is 1. The molecule has 2 aromatic carbocycles. The van der Waals surface area contributed by atoms with E-state index in [0.29, 0.717) is 26.9 Å². The molecule has 0 radical (unpaired) electrons. The molecule has 0 aliphatic carbocycles. The summed E-state index contributed by atoms with van der Waals surface area (Å²) in [6.07, 6.45) is 0. The van der Waals surface area contributed by atoms with Gasteiger partial charge in [-0.25, -0.2) is 0 Å². The van der Waals surface area contributed by atoms with E-state index in [0.717, 1.165) is 28.0 Å². The summed E-state index contributed by atoms with van der Waals surface area (Å²) in [5, 5.41) is 11.5. The molecular weight excluding hydrogens is 506 g/mol. The fourth-order valence-electron chi connectivity index (χ4n) is 4.43. The fraction of sp³-hybridized carbons (Fsp3) is 0.208. The van der Waals surface area contributed by atoms with Gasteiger partial charge < -0.3 is 20.1 Å². The van der Waals surface area contributed by atoms with E-state index >= 15 is 0 Å². The Kier molecular flexibility index (Phi) is 6.37. The standard InChI is InChI=1S/C24H19N3O7S2/c28-15(25-12-6-2-1-3-7-12)11-34-14-9-5-4-8-13(14)17-18-20(35-21-19(17)36-24(33)26-21)23(32)27(22(18)31)10-16(29)30/h1-9,17-18,20H,10-11H2,(H,25,28)(H,26,33)(H,29,30)/t17-,18+,20-/m0/s1. The van der Waals surface area contributed by atoms with Crippen LogP contribution in [-0.2, 0) is 19.2 Å². The Bertz CT molecular complexity index is 1420. The number of imide groups is 1. The molecule has 0 saturated carbocycles. The first-order valence-electron chi connectivity index (χ1n) is 10.9. The highest BCUT2D eigenvalue weighted by atomic mass is 32.2. The molecule has 12 heteroatoms. The number of thiazole rings is 1. The molecular formula is C24H19N3O7S2. The second kappa shape index (κ2) is 9.63. The van der Waals surface area contributed by atoms with E-state index in [4.69, 9.17) is 4.74 Å². The van der Waals surface area contributed by atoms with E-state index in [2.05, 4.69) is 10.3 Å². The minimum absolute atomic E-state index is 0.310. The van der Waals surface area contributed by atoms with Crippen molar-refractivity contribution >= 4 is 52.5 Å². The van der Waals surface area contributed by atoms with Gasteiger partial charge in [0.15, 0.2) is 6.61 Å². The Hall–Kier alpha value is -3.90. The number of anilines is 1. The van der Waals surface area contributed by atoms with Gasteiger partial charge in [-0.3, -0.25) is 28.9 Å². The Morgan fingerprint density at radius 2 is 1.75 bits per heavy atom. The lowest BCUT2D eigenvalue weighted by Gasteiger charge is -2.30. The van der Waals surface area contributed by atoms with Crippen LogP contribution in [0.2, 0.25) is 0 Å². The molecule has 5 rings (SSSR count). The van der Waals surface area contributed by atoms with Crippen LogP contribution in [0, 0.1) is 5.92 Å². The van der Waals surface area contributed by atoms with Gasteiger partial charge in [0.25, 0.3) is 5.91 Å². The van der Waals surface area contributed by atoms with Gasteiger partial charge in [0.1, 0.15) is 17.5 Å². The summed E-state index contributed by atoms with van der Waals surface area (Å²) >= 11 is 1.99. The van der Waals surface area contributed by atoms with Crippen LogP contribution in [0.25, 0.3) is 0 Å². The van der Waals surface area contributed by atoms with Gasteiger partial charge in [0.05, 0.1) is 10.9 Å². The molecule has 1 aromatic heterocycles. The zero-order valence-electron chi connectivity index (χ0n) is 18.5. The molecule has 2 aliphatic rings. The number of benzene rings is 2. The molecule has 3 N–H and O–H groups in total. The van der Waals surface area contributed by atoms with E-state index in [-0.39, 0.29) is 17.4 Å². The molecule has 0 bridgehead atoms. The number of carbonyl (C=O) groups is 4. The number of aromatic amines is 1. The molecule has 2 aliphatic heterocycles. The summed E-state index contributed by atoms with van der Waals surface area (Å²) in [5.41, 5.74) is 1.14. The second-order valence-electron chi connectivity index (χ2n) is 8.15. The zero-order chi connectivity index (χ0) is 25.4. The number of carboxylic acid groups (broad SMARTS) is 1. The van der Waals surface area contributed by atoms with Crippen LogP contribution in [0.5, 0.6) is 5.75 Å². The fourth-order valence-corrected chi connectivity index (χ4v) is 6.96. The third-order valence-corrected chi connectivity index (χ3v) is 8.28. The van der Waals surface area contributed by atoms with Gasteiger partial charge in [-0.15, -0.1) is 0 Å². The maximum atomic E-state index is 13.3. The Morgan fingerprint density at radius 1 is 1.03 bits per heavy atom. The van der Waals surface area contributed by atoms with Crippen molar-refractivity contribution in [2.24, 2.45) is 5.92 Å². The number of carboxylic acids is 1. The van der Waals surface area contributed by atoms with Gasteiger partial charge in [0.2, 0.25) is 11.8 Å². The van der Waals surface area contributed by atoms with Gasteiger partial charge in [-0.05, 0) is 18.2 Å². The quantitative estimate of drug-likeness (QED) is 0.398. The van der Waals surface area contributed by atoms with Crippen LogP contribution in [0.3, 0.4) is 0 Å². The normalized spacial score (nSPS) is 20.6. The van der Waals surface area contributed by atoms with Crippen molar-refractivity contribution in [1.82, 2.24) is 9.88 Å². The number of carbonyl (C=O) groups excluding carboxylic acids is 3. The van der Waals surface area contributed by atoms with Crippen LogP contribution in [0.1, 0.15) is 16.4 Å². The lowest BCUT2D eigenvalue weighted by atomic mass is 9.82. The third kappa shape index (κ3) is 4.40. The summed E-state index contributed by atoms with van der Waals surface area (Å²) in [5.74, 6) is -4.26. The van der Waals surface area contributed by atoms with E-state index in [1.807, 2.05) is 6.07 Å². The number of fused-ring (bicyclic) bond motifs is 2. The molecule has 0 unspecified atom stereocenters. The number of rotatable bonds is 7. The SMILES string of the molecule is O=C(O)CN1C(=O)[C@@H]2[C@H](c3ccccc3OCC(=O)Nc3ccccc3)c3sc(=O)[nH]c3S[C@@H]2C1=O. The summed E-state index contributed by atoms with van der Waals surface area (Å²) in [7, 11) is 0. The van der Waals surface area contributed by atoms with Crippen molar-refractivity contribution in [1.29, 1.82) is 0 Å². The van der Waals surface area contributed by atoms with E-state index in [1.54, 1.807) is 48.5 Å². The molecule has 3 atom stereocenters. The first kappa shape index (κ1) is 23.8. The van der Waals surface area contributed by atoms with Gasteiger partial charge >= 0.3 is 10.8 Å². The number of ether oxygens (including phenoxy) is 1. The number of amides is 3. The number of hydrogen-bond donors (Lipinski definition) is 3.